The molecule has 2 atom stereocenters. The molecule has 4 heteroatoms. The van der Waals surface area contributed by atoms with Gasteiger partial charge in [0.2, 0.25) is 5.91 Å². The van der Waals surface area contributed by atoms with Crippen molar-refractivity contribution < 1.29 is 9.90 Å². The first kappa shape index (κ1) is 13.5. The first-order valence-corrected chi connectivity index (χ1v) is 7.14. The number of rotatable bonds is 3. The Hall–Kier alpha value is -0.900. The van der Waals surface area contributed by atoms with Crippen LogP contribution in [-0.2, 0) is 4.79 Å². The zero-order valence-electron chi connectivity index (χ0n) is 11.4. The molecule has 1 aliphatic heterocycles. The van der Waals surface area contributed by atoms with Crippen molar-refractivity contribution in [2.24, 2.45) is 11.0 Å². The zero-order valence-corrected chi connectivity index (χ0v) is 11.4. The van der Waals surface area contributed by atoms with E-state index < -0.39 is 6.10 Å². The highest BCUT2D eigenvalue weighted by Gasteiger charge is 2.34. The van der Waals surface area contributed by atoms with Gasteiger partial charge >= 0.3 is 0 Å². The summed E-state index contributed by atoms with van der Waals surface area (Å²) in [5.74, 6) is 0.590. The summed E-state index contributed by atoms with van der Waals surface area (Å²) in [7, 11) is 0. The van der Waals surface area contributed by atoms with Gasteiger partial charge < -0.3 is 5.11 Å². The molecule has 2 aliphatic rings. The quantitative estimate of drug-likeness (QED) is 0.784. The van der Waals surface area contributed by atoms with E-state index in [0.717, 1.165) is 44.2 Å². The average Bonchev–Trinajstić information content (AvgIpc) is 2.50. The summed E-state index contributed by atoms with van der Waals surface area (Å²) in [6, 6.07) is -0.0929. The van der Waals surface area contributed by atoms with Gasteiger partial charge in [0.15, 0.2) is 0 Å². The smallest absolute Gasteiger partial charge is 0.248 e. The largest absolute Gasteiger partial charge is 0.391 e. The van der Waals surface area contributed by atoms with Crippen LogP contribution in [0.25, 0.3) is 0 Å². The summed E-state index contributed by atoms with van der Waals surface area (Å²) in [5, 5.41) is 16.2. The monoisotopic (exact) mass is 252 g/mol. The average molecular weight is 252 g/mol. The molecule has 0 aromatic rings. The molecule has 0 spiro atoms. The van der Waals surface area contributed by atoms with Crippen molar-refractivity contribution in [1.29, 1.82) is 0 Å². The summed E-state index contributed by atoms with van der Waals surface area (Å²) in [5.41, 5.74) is 0.978. The fourth-order valence-corrected chi connectivity index (χ4v) is 2.90. The van der Waals surface area contributed by atoms with Crippen molar-refractivity contribution >= 4 is 11.6 Å². The Labute approximate surface area is 109 Å². The number of aliphatic hydroxyl groups excluding tert-OH is 1. The number of nitrogens with zero attached hydrogens (tertiary/aromatic N) is 2. The Morgan fingerprint density at radius 3 is 2.78 bits per heavy atom. The van der Waals surface area contributed by atoms with Gasteiger partial charge in [-0.15, -0.1) is 0 Å². The number of hydrogen-bond donors (Lipinski definition) is 1. The summed E-state index contributed by atoms with van der Waals surface area (Å²) in [6.07, 6.45) is 5.89. The van der Waals surface area contributed by atoms with Gasteiger partial charge in [-0.05, 0) is 25.2 Å². The molecule has 0 aromatic heterocycles. The molecule has 0 saturated heterocycles. The molecule has 2 rings (SSSR count). The predicted octanol–water partition coefficient (Wildman–Crippen LogP) is 2.31. The van der Waals surface area contributed by atoms with Crippen molar-refractivity contribution in [1.82, 2.24) is 5.01 Å². The van der Waals surface area contributed by atoms with Crippen LogP contribution in [0.3, 0.4) is 0 Å². The number of carbonyl (C=O) groups is 1. The molecule has 1 aliphatic carbocycles. The summed E-state index contributed by atoms with van der Waals surface area (Å²) in [6.45, 7) is 4.27. The second kappa shape index (κ2) is 5.83. The highest BCUT2D eigenvalue weighted by Crippen LogP contribution is 2.26. The highest BCUT2D eigenvalue weighted by atomic mass is 16.3. The third-order valence-electron chi connectivity index (χ3n) is 3.76. The molecule has 102 valence electrons. The number of hydrogen-bond acceptors (Lipinski definition) is 3. The molecular formula is C14H24N2O2. The van der Waals surface area contributed by atoms with Crippen molar-refractivity contribution in [2.45, 2.75) is 70.9 Å². The van der Waals surface area contributed by atoms with Gasteiger partial charge in [0.25, 0.3) is 0 Å². The molecule has 4 nitrogen and oxygen atoms in total. The molecule has 0 bridgehead atoms. The Bertz CT molecular complexity index is 339. The standard InChI is InChI=1S/C14H24N2O2/c1-10(2)8-11-9-14(18)16(15-11)12-6-4-3-5-7-13(12)17/h10,12-13,17H,3-9H2,1-2H3. The van der Waals surface area contributed by atoms with E-state index in [1.54, 1.807) is 5.01 Å². The van der Waals surface area contributed by atoms with Crippen LogP contribution < -0.4 is 0 Å². The van der Waals surface area contributed by atoms with E-state index in [0.29, 0.717) is 12.3 Å². The maximum atomic E-state index is 12.0. The van der Waals surface area contributed by atoms with Crippen LogP contribution in [0, 0.1) is 5.92 Å². The Balaban J connectivity index is 2.06. The van der Waals surface area contributed by atoms with E-state index in [9.17, 15) is 9.90 Å². The number of amides is 1. The minimum atomic E-state index is -0.404. The number of aliphatic hydroxyl groups is 1. The lowest BCUT2D eigenvalue weighted by Crippen LogP contribution is -2.41. The summed E-state index contributed by atoms with van der Waals surface area (Å²) in [4.78, 5) is 12.0. The van der Waals surface area contributed by atoms with Crippen LogP contribution in [-0.4, -0.2) is 33.9 Å². The fourth-order valence-electron chi connectivity index (χ4n) is 2.90. The normalized spacial score (nSPS) is 29.7. The van der Waals surface area contributed by atoms with Gasteiger partial charge in [0.1, 0.15) is 0 Å². The van der Waals surface area contributed by atoms with Gasteiger partial charge in [0.05, 0.1) is 18.6 Å². The molecule has 1 amide bonds. The van der Waals surface area contributed by atoms with Crippen molar-refractivity contribution in [2.75, 3.05) is 0 Å². The first-order valence-electron chi connectivity index (χ1n) is 7.14. The summed E-state index contributed by atoms with van der Waals surface area (Å²) < 4.78 is 0. The first-order chi connectivity index (χ1) is 8.58. The minimum Gasteiger partial charge on any atom is -0.391 e. The zero-order chi connectivity index (χ0) is 13.1. The SMILES string of the molecule is CC(C)CC1=NN(C2CCCCCC2O)C(=O)C1. The third-order valence-corrected chi connectivity index (χ3v) is 3.76. The van der Waals surface area contributed by atoms with Gasteiger partial charge in [0, 0.05) is 5.71 Å². The topological polar surface area (TPSA) is 52.9 Å². The van der Waals surface area contributed by atoms with Crippen LogP contribution in [0.1, 0.15) is 58.8 Å². The maximum Gasteiger partial charge on any atom is 0.248 e. The molecule has 18 heavy (non-hydrogen) atoms. The predicted molar refractivity (Wildman–Crippen MR) is 71.2 cm³/mol. The van der Waals surface area contributed by atoms with Crippen molar-refractivity contribution in [3.8, 4) is 0 Å². The lowest BCUT2D eigenvalue weighted by molar-refractivity contribution is -0.133. The molecule has 0 radical (unpaired) electrons. The Kier molecular flexibility index (Phi) is 4.38. The molecule has 2 unspecified atom stereocenters. The van der Waals surface area contributed by atoms with E-state index in [1.165, 1.54) is 0 Å². The third kappa shape index (κ3) is 3.10. The molecular weight excluding hydrogens is 228 g/mol. The van der Waals surface area contributed by atoms with Crippen molar-refractivity contribution in [3.05, 3.63) is 0 Å². The maximum absolute atomic E-state index is 12.0. The molecule has 1 heterocycles. The lowest BCUT2D eigenvalue weighted by Gasteiger charge is -2.27. The van der Waals surface area contributed by atoms with Crippen LogP contribution in [0.4, 0.5) is 0 Å². The number of carbonyl (C=O) groups excluding carboxylic acids is 1. The second-order valence-electron chi connectivity index (χ2n) is 5.95. The lowest BCUT2D eigenvalue weighted by atomic mass is 10.0. The molecule has 0 aromatic carbocycles. The second-order valence-corrected chi connectivity index (χ2v) is 5.95. The Morgan fingerprint density at radius 2 is 2.06 bits per heavy atom. The van der Waals surface area contributed by atoms with Gasteiger partial charge in [-0.1, -0.05) is 33.1 Å². The van der Waals surface area contributed by atoms with Crippen molar-refractivity contribution in [3.63, 3.8) is 0 Å². The Morgan fingerprint density at radius 1 is 1.33 bits per heavy atom. The summed E-state index contributed by atoms with van der Waals surface area (Å²) >= 11 is 0. The van der Waals surface area contributed by atoms with Gasteiger partial charge in [-0.25, -0.2) is 5.01 Å². The fraction of sp³-hybridized carbons (Fsp3) is 0.857. The van der Waals surface area contributed by atoms with Crippen LogP contribution in [0.15, 0.2) is 5.10 Å². The van der Waals surface area contributed by atoms with E-state index in [4.69, 9.17) is 0 Å². The van der Waals surface area contributed by atoms with Gasteiger partial charge in [-0.2, -0.15) is 5.10 Å². The molecule has 1 saturated carbocycles. The number of hydrazone groups is 1. The molecule has 1 N–H and O–H groups in total. The highest BCUT2D eigenvalue weighted by molar-refractivity contribution is 6.05. The minimum absolute atomic E-state index is 0.0663. The molecule has 1 fully saturated rings. The van der Waals surface area contributed by atoms with Crippen LogP contribution in [0.5, 0.6) is 0 Å². The van der Waals surface area contributed by atoms with E-state index in [2.05, 4.69) is 18.9 Å². The van der Waals surface area contributed by atoms with Crippen LogP contribution >= 0.6 is 0 Å². The van der Waals surface area contributed by atoms with Crippen LogP contribution in [0.2, 0.25) is 0 Å². The van der Waals surface area contributed by atoms with E-state index in [1.807, 2.05) is 0 Å². The van der Waals surface area contributed by atoms with Gasteiger partial charge in [-0.3, -0.25) is 4.79 Å². The van der Waals surface area contributed by atoms with E-state index >= 15 is 0 Å². The van der Waals surface area contributed by atoms with E-state index in [-0.39, 0.29) is 11.9 Å².